The van der Waals surface area contributed by atoms with E-state index in [4.69, 9.17) is 4.52 Å². The summed E-state index contributed by atoms with van der Waals surface area (Å²) >= 11 is 3.26. The van der Waals surface area contributed by atoms with Crippen LogP contribution in [0.4, 0.5) is 4.79 Å². The number of carbonyl (C=O) groups excluding carboxylic acids is 1. The van der Waals surface area contributed by atoms with Crippen LogP contribution in [0.25, 0.3) is 9.88 Å². The van der Waals surface area contributed by atoms with Crippen LogP contribution in [0.15, 0.2) is 33.5 Å². The Hall–Kier alpha value is -2.19. The number of nitrogens with one attached hydrogen (secondary N) is 1. The van der Waals surface area contributed by atoms with E-state index in [0.717, 1.165) is 27.0 Å². The van der Waals surface area contributed by atoms with Gasteiger partial charge in [0.15, 0.2) is 0 Å². The summed E-state index contributed by atoms with van der Waals surface area (Å²) in [5.41, 5.74) is 1.65. The molecule has 0 saturated heterocycles. The highest BCUT2D eigenvalue weighted by molar-refractivity contribution is 7.20. The van der Waals surface area contributed by atoms with E-state index in [1.54, 1.807) is 34.6 Å². The van der Waals surface area contributed by atoms with E-state index < -0.39 is 0 Å². The molecule has 8 heteroatoms. The maximum atomic E-state index is 12.2. The molecule has 0 spiro atoms. The first-order valence-electron chi connectivity index (χ1n) is 8.12. The van der Waals surface area contributed by atoms with Crippen LogP contribution in [0.3, 0.4) is 0 Å². The van der Waals surface area contributed by atoms with Gasteiger partial charge in [-0.25, -0.2) is 9.78 Å². The van der Waals surface area contributed by atoms with Crippen LogP contribution in [-0.4, -0.2) is 28.1 Å². The van der Waals surface area contributed by atoms with Gasteiger partial charge >= 0.3 is 6.03 Å². The molecule has 0 atom stereocenters. The van der Waals surface area contributed by atoms with E-state index in [-0.39, 0.29) is 6.03 Å². The van der Waals surface area contributed by atoms with Crippen LogP contribution in [0, 0.1) is 0 Å². The van der Waals surface area contributed by atoms with Crippen molar-refractivity contribution in [3.05, 3.63) is 46.1 Å². The fraction of sp³-hybridized carbons (Fsp3) is 0.353. The standard InChI is InChI=1S/C17H18N4O2S2/c1-21(9-12-7-14(23-20-12)11-4-5-11)17(22)18-8-13-10-25-16(19-13)15-3-2-6-24-15/h2-3,6-7,10-11H,4-5,8-9H2,1H3,(H,18,22). The molecule has 0 aliphatic heterocycles. The van der Waals surface area contributed by atoms with E-state index in [0.29, 0.717) is 19.0 Å². The number of hydrogen-bond donors (Lipinski definition) is 1. The summed E-state index contributed by atoms with van der Waals surface area (Å²) in [4.78, 5) is 19.6. The van der Waals surface area contributed by atoms with Gasteiger partial charge in [0.1, 0.15) is 16.5 Å². The van der Waals surface area contributed by atoms with Crippen LogP contribution in [0.5, 0.6) is 0 Å². The molecule has 1 N–H and O–H groups in total. The second-order valence-corrected chi connectivity index (χ2v) is 7.94. The van der Waals surface area contributed by atoms with Crippen LogP contribution >= 0.6 is 22.7 Å². The van der Waals surface area contributed by atoms with Crippen molar-refractivity contribution in [3.63, 3.8) is 0 Å². The predicted molar refractivity (Wildman–Crippen MR) is 97.6 cm³/mol. The van der Waals surface area contributed by atoms with E-state index in [1.807, 2.05) is 29.0 Å². The molecule has 3 aromatic rings. The molecule has 6 nitrogen and oxygen atoms in total. The second-order valence-electron chi connectivity index (χ2n) is 6.13. The second kappa shape index (κ2) is 6.97. The zero-order valence-corrected chi connectivity index (χ0v) is 15.4. The van der Waals surface area contributed by atoms with Gasteiger partial charge < -0.3 is 14.7 Å². The Morgan fingerprint density at radius 2 is 2.28 bits per heavy atom. The number of urea groups is 1. The molecule has 1 fully saturated rings. The van der Waals surface area contributed by atoms with E-state index in [1.165, 1.54) is 12.8 Å². The van der Waals surface area contributed by atoms with Crippen molar-refractivity contribution in [2.24, 2.45) is 0 Å². The van der Waals surface area contributed by atoms with Crippen LogP contribution in [0.2, 0.25) is 0 Å². The lowest BCUT2D eigenvalue weighted by molar-refractivity contribution is 0.205. The van der Waals surface area contributed by atoms with Crippen molar-refractivity contribution in [1.29, 1.82) is 0 Å². The Kier molecular flexibility index (Phi) is 4.54. The minimum Gasteiger partial charge on any atom is -0.361 e. The molecule has 1 aliphatic rings. The first-order chi connectivity index (χ1) is 12.2. The van der Waals surface area contributed by atoms with Gasteiger partial charge in [-0.15, -0.1) is 22.7 Å². The molecule has 130 valence electrons. The third-order valence-corrected chi connectivity index (χ3v) is 5.94. The summed E-state index contributed by atoms with van der Waals surface area (Å²) in [6.45, 7) is 0.844. The number of rotatable bonds is 6. The minimum atomic E-state index is -0.151. The zero-order chi connectivity index (χ0) is 17.2. The van der Waals surface area contributed by atoms with Gasteiger partial charge in [-0.2, -0.15) is 0 Å². The van der Waals surface area contributed by atoms with Gasteiger partial charge in [-0.1, -0.05) is 11.2 Å². The number of amides is 2. The summed E-state index contributed by atoms with van der Waals surface area (Å²) in [5, 5.41) is 11.9. The van der Waals surface area contributed by atoms with Gasteiger partial charge in [-0.3, -0.25) is 0 Å². The van der Waals surface area contributed by atoms with Crippen LogP contribution in [0.1, 0.15) is 35.9 Å². The highest BCUT2D eigenvalue weighted by Gasteiger charge is 2.28. The molecular weight excluding hydrogens is 356 g/mol. The Bertz CT molecular complexity index is 852. The predicted octanol–water partition coefficient (Wildman–Crippen LogP) is 4.08. The van der Waals surface area contributed by atoms with Crippen LogP contribution < -0.4 is 5.32 Å². The smallest absolute Gasteiger partial charge is 0.317 e. The Labute approximate surface area is 153 Å². The fourth-order valence-corrected chi connectivity index (χ4v) is 4.11. The monoisotopic (exact) mass is 374 g/mol. The number of aromatic nitrogens is 2. The quantitative estimate of drug-likeness (QED) is 0.706. The first kappa shape index (κ1) is 16.3. The van der Waals surface area contributed by atoms with Crippen LogP contribution in [-0.2, 0) is 13.1 Å². The number of thiophene rings is 1. The minimum absolute atomic E-state index is 0.151. The molecule has 2 amide bonds. The number of hydrogen-bond acceptors (Lipinski definition) is 6. The van der Waals surface area contributed by atoms with Crippen molar-refractivity contribution in [3.8, 4) is 9.88 Å². The fourth-order valence-electron chi connectivity index (χ4n) is 2.48. The van der Waals surface area contributed by atoms with Crippen molar-refractivity contribution >= 4 is 28.7 Å². The lowest BCUT2D eigenvalue weighted by Gasteiger charge is -2.15. The summed E-state index contributed by atoms with van der Waals surface area (Å²) in [6, 6.07) is 5.86. The third-order valence-electron chi connectivity index (χ3n) is 4.01. The van der Waals surface area contributed by atoms with Crippen molar-refractivity contribution in [2.75, 3.05) is 7.05 Å². The average Bonchev–Trinajstić information content (AvgIpc) is 3.05. The van der Waals surface area contributed by atoms with E-state index >= 15 is 0 Å². The number of carbonyl (C=O) groups is 1. The van der Waals surface area contributed by atoms with Crippen molar-refractivity contribution < 1.29 is 9.32 Å². The van der Waals surface area contributed by atoms with Gasteiger partial charge in [-0.05, 0) is 24.3 Å². The van der Waals surface area contributed by atoms with Gasteiger partial charge in [0, 0.05) is 24.4 Å². The highest BCUT2D eigenvalue weighted by Crippen LogP contribution is 2.40. The number of nitrogens with zero attached hydrogens (tertiary/aromatic N) is 3. The summed E-state index contributed by atoms with van der Waals surface area (Å²) < 4.78 is 5.32. The SMILES string of the molecule is CN(Cc1cc(C2CC2)on1)C(=O)NCc1csc(-c2cccs2)n1. The summed E-state index contributed by atoms with van der Waals surface area (Å²) in [5.74, 6) is 1.47. The molecular formula is C17H18N4O2S2. The highest BCUT2D eigenvalue weighted by atomic mass is 32.1. The normalized spacial score (nSPS) is 13.8. The van der Waals surface area contributed by atoms with Gasteiger partial charge in [0.05, 0.1) is 23.7 Å². The first-order valence-corrected chi connectivity index (χ1v) is 9.87. The molecule has 1 saturated carbocycles. The van der Waals surface area contributed by atoms with Gasteiger partial charge in [0.2, 0.25) is 0 Å². The largest absolute Gasteiger partial charge is 0.361 e. The van der Waals surface area contributed by atoms with Gasteiger partial charge in [0.25, 0.3) is 0 Å². The topological polar surface area (TPSA) is 71.3 Å². The van der Waals surface area contributed by atoms with Crippen molar-refractivity contribution in [1.82, 2.24) is 20.4 Å². The maximum absolute atomic E-state index is 12.2. The Balaban J connectivity index is 1.29. The molecule has 0 bridgehead atoms. The molecule has 4 rings (SSSR count). The number of thiazole rings is 1. The summed E-state index contributed by atoms with van der Waals surface area (Å²) in [7, 11) is 1.75. The lowest BCUT2D eigenvalue weighted by atomic mass is 10.3. The maximum Gasteiger partial charge on any atom is 0.317 e. The molecule has 0 aromatic carbocycles. The van der Waals surface area contributed by atoms with Crippen molar-refractivity contribution in [2.45, 2.75) is 31.8 Å². The third kappa shape index (κ3) is 3.91. The average molecular weight is 374 g/mol. The van der Waals surface area contributed by atoms with E-state index in [9.17, 15) is 4.79 Å². The Morgan fingerprint density at radius 1 is 1.40 bits per heavy atom. The molecule has 1 aliphatic carbocycles. The summed E-state index contributed by atoms with van der Waals surface area (Å²) in [6.07, 6.45) is 2.35. The molecule has 25 heavy (non-hydrogen) atoms. The molecule has 3 aromatic heterocycles. The molecule has 3 heterocycles. The zero-order valence-electron chi connectivity index (χ0n) is 13.8. The van der Waals surface area contributed by atoms with E-state index in [2.05, 4.69) is 15.5 Å². The molecule has 0 radical (unpaired) electrons. The Morgan fingerprint density at radius 3 is 3.04 bits per heavy atom. The molecule has 0 unspecified atom stereocenters. The lowest BCUT2D eigenvalue weighted by Crippen LogP contribution is -2.36.